The van der Waals surface area contributed by atoms with Gasteiger partial charge in [-0.3, -0.25) is 4.79 Å². The molecule has 2 heterocycles. The molecule has 1 aromatic rings. The molecule has 2 bridgehead atoms. The van der Waals surface area contributed by atoms with Crippen LogP contribution in [0.15, 0.2) is 35.3 Å². The summed E-state index contributed by atoms with van der Waals surface area (Å²) in [5.74, 6) is 1.01. The van der Waals surface area contributed by atoms with Crippen molar-refractivity contribution in [3.63, 3.8) is 0 Å². The lowest BCUT2D eigenvalue weighted by molar-refractivity contribution is -0.119. The number of sulfone groups is 1. The fourth-order valence-corrected chi connectivity index (χ4v) is 10.2. The third kappa shape index (κ3) is 5.59. The fourth-order valence-electron chi connectivity index (χ4n) is 6.20. The molecule has 4 fully saturated rings. The summed E-state index contributed by atoms with van der Waals surface area (Å²) in [6.45, 7) is 5.32. The van der Waals surface area contributed by atoms with Gasteiger partial charge in [-0.1, -0.05) is 48.5 Å². The van der Waals surface area contributed by atoms with Crippen molar-refractivity contribution < 1.29 is 22.7 Å². The number of aliphatic imine (C=N–C) groups is 1. The zero-order chi connectivity index (χ0) is 25.7. The second-order valence-electron chi connectivity index (χ2n) is 11.6. The Hall–Kier alpha value is -2.07. The molecule has 4 aliphatic rings. The predicted octanol–water partition coefficient (Wildman–Crippen LogP) is 3.41. The van der Waals surface area contributed by atoms with E-state index < -0.39 is 33.5 Å². The van der Waals surface area contributed by atoms with Gasteiger partial charge in [0.2, 0.25) is 0 Å². The van der Waals surface area contributed by atoms with Crippen molar-refractivity contribution in [2.75, 3.05) is 11.5 Å². The van der Waals surface area contributed by atoms with Crippen molar-refractivity contribution in [3.8, 4) is 0 Å². The SMILES string of the molecule is CC(C)(C)OC(=O)N[C@@H](Cc1ccccc1)C(=O)N=C1S[C@H]2CS(=O)(=O)C[C@@H]2N1[C@@H]1C[C@@H]2CC[C@@H]1C2. The van der Waals surface area contributed by atoms with Crippen molar-refractivity contribution in [1.29, 1.82) is 0 Å². The van der Waals surface area contributed by atoms with Crippen molar-refractivity contribution in [2.45, 2.75) is 81.9 Å². The number of alkyl carbamates (subject to hydrolysis) is 1. The Bertz CT molecular complexity index is 1150. The van der Waals surface area contributed by atoms with Crippen LogP contribution in [0.5, 0.6) is 0 Å². The molecule has 2 aliphatic heterocycles. The van der Waals surface area contributed by atoms with Gasteiger partial charge in [0.1, 0.15) is 11.6 Å². The van der Waals surface area contributed by atoms with E-state index in [1.54, 1.807) is 20.8 Å². The molecule has 0 radical (unpaired) electrons. The van der Waals surface area contributed by atoms with Crippen molar-refractivity contribution in [1.82, 2.24) is 10.2 Å². The first-order chi connectivity index (χ1) is 17.0. The van der Waals surface area contributed by atoms with Crippen LogP contribution in [-0.2, 0) is 25.8 Å². The molecule has 2 saturated heterocycles. The molecule has 0 aromatic heterocycles. The highest BCUT2D eigenvalue weighted by Gasteiger charge is 2.54. The van der Waals surface area contributed by atoms with Crippen LogP contribution < -0.4 is 5.32 Å². The van der Waals surface area contributed by atoms with Crippen LogP contribution in [0.4, 0.5) is 4.79 Å². The molecule has 10 heteroatoms. The van der Waals surface area contributed by atoms with Gasteiger partial charge >= 0.3 is 6.09 Å². The number of nitrogens with zero attached hydrogens (tertiary/aromatic N) is 2. The third-order valence-corrected chi connectivity index (χ3v) is 10.9. The molecule has 36 heavy (non-hydrogen) atoms. The molecule has 196 valence electrons. The van der Waals surface area contributed by atoms with Crippen LogP contribution in [0.25, 0.3) is 0 Å². The maximum atomic E-state index is 13.6. The van der Waals surface area contributed by atoms with Crippen LogP contribution in [0, 0.1) is 11.8 Å². The average Bonchev–Trinajstić information content (AvgIpc) is 3.52. The molecular weight excluding hydrogens is 498 g/mol. The maximum Gasteiger partial charge on any atom is 0.408 e. The Morgan fingerprint density at radius 3 is 2.53 bits per heavy atom. The minimum absolute atomic E-state index is 0.105. The van der Waals surface area contributed by atoms with Gasteiger partial charge in [-0.05, 0) is 57.4 Å². The Labute approximate surface area is 217 Å². The number of hydrogen-bond acceptors (Lipinski definition) is 6. The number of fused-ring (bicyclic) bond motifs is 3. The van der Waals surface area contributed by atoms with Crippen molar-refractivity contribution >= 4 is 38.8 Å². The number of benzene rings is 1. The summed E-state index contributed by atoms with van der Waals surface area (Å²) >= 11 is 1.42. The number of carbonyl (C=O) groups excluding carboxylic acids is 2. The van der Waals surface area contributed by atoms with E-state index in [9.17, 15) is 18.0 Å². The standard InChI is InChI=1S/C26H35N3O5S2/c1-26(2,3)34-25(31)27-19(12-16-7-5-4-6-8-16)23(30)28-24-29(20-13-17-9-10-18(20)11-17)21-14-36(32,33)15-22(21)35-24/h4-8,17-22H,9-15H2,1-3H3,(H,27,31)/t17-,18-,19+,20-,21+,22+/m1/s1. The molecule has 8 nitrogen and oxygen atoms in total. The van der Waals surface area contributed by atoms with Crippen molar-refractivity contribution in [2.24, 2.45) is 16.8 Å². The third-order valence-electron chi connectivity index (χ3n) is 7.64. The molecule has 2 saturated carbocycles. The summed E-state index contributed by atoms with van der Waals surface area (Å²) in [5.41, 5.74) is 0.207. The van der Waals surface area contributed by atoms with Crippen LogP contribution in [-0.4, -0.2) is 71.0 Å². The highest BCUT2D eigenvalue weighted by atomic mass is 32.2. The van der Waals surface area contributed by atoms with Gasteiger partial charge in [-0.2, -0.15) is 4.99 Å². The number of hydrogen-bond donors (Lipinski definition) is 1. The molecule has 0 unspecified atom stereocenters. The normalized spacial score (nSPS) is 32.5. The smallest absolute Gasteiger partial charge is 0.408 e. The van der Waals surface area contributed by atoms with E-state index in [0.717, 1.165) is 18.4 Å². The Morgan fingerprint density at radius 1 is 1.14 bits per heavy atom. The monoisotopic (exact) mass is 533 g/mol. The average molecular weight is 534 g/mol. The first-order valence-electron chi connectivity index (χ1n) is 12.8. The lowest BCUT2D eigenvalue weighted by Gasteiger charge is -2.36. The first kappa shape index (κ1) is 25.6. The largest absolute Gasteiger partial charge is 0.444 e. The maximum absolute atomic E-state index is 13.6. The molecule has 2 aliphatic carbocycles. The van der Waals surface area contributed by atoms with Gasteiger partial charge in [0.15, 0.2) is 15.0 Å². The lowest BCUT2D eigenvalue weighted by Crippen LogP contribution is -2.48. The number of carbonyl (C=O) groups is 2. The van der Waals surface area contributed by atoms with Gasteiger partial charge < -0.3 is 15.0 Å². The minimum atomic E-state index is -3.10. The summed E-state index contributed by atoms with van der Waals surface area (Å²) in [6, 6.07) is 8.71. The summed E-state index contributed by atoms with van der Waals surface area (Å²) in [6.07, 6.45) is 4.22. The number of rotatable bonds is 5. The van der Waals surface area contributed by atoms with Gasteiger partial charge in [0.25, 0.3) is 5.91 Å². The van der Waals surface area contributed by atoms with Crippen LogP contribution in [0.1, 0.15) is 52.0 Å². The van der Waals surface area contributed by atoms with Crippen LogP contribution >= 0.6 is 11.8 Å². The van der Waals surface area contributed by atoms with E-state index in [1.807, 2.05) is 30.3 Å². The number of thioether (sulfide) groups is 1. The molecule has 5 rings (SSSR count). The van der Waals surface area contributed by atoms with E-state index in [4.69, 9.17) is 4.74 Å². The minimum Gasteiger partial charge on any atom is -0.444 e. The summed E-state index contributed by atoms with van der Waals surface area (Å²) in [5, 5.41) is 3.24. The number of nitrogens with one attached hydrogen (secondary N) is 1. The van der Waals surface area contributed by atoms with E-state index >= 15 is 0 Å². The predicted molar refractivity (Wildman–Crippen MR) is 141 cm³/mol. The molecule has 0 spiro atoms. The number of amidine groups is 1. The number of ether oxygens (including phenoxy) is 1. The van der Waals surface area contributed by atoms with Gasteiger partial charge in [-0.25, -0.2) is 13.2 Å². The Kier molecular flexibility index (Phi) is 6.87. The second-order valence-corrected chi connectivity index (χ2v) is 14.9. The quantitative estimate of drug-likeness (QED) is 0.618. The van der Waals surface area contributed by atoms with Gasteiger partial charge in [0.05, 0.1) is 17.5 Å². The molecule has 6 atom stereocenters. The molecule has 2 amide bonds. The van der Waals surface area contributed by atoms with E-state index in [0.29, 0.717) is 17.0 Å². The zero-order valence-electron chi connectivity index (χ0n) is 21.1. The Morgan fingerprint density at radius 2 is 1.89 bits per heavy atom. The second kappa shape index (κ2) is 9.67. The van der Waals surface area contributed by atoms with Crippen molar-refractivity contribution in [3.05, 3.63) is 35.9 Å². The van der Waals surface area contributed by atoms with E-state index in [1.165, 1.54) is 24.6 Å². The molecule has 1 N–H and O–H groups in total. The lowest BCUT2D eigenvalue weighted by atomic mass is 9.93. The highest BCUT2D eigenvalue weighted by molar-refractivity contribution is 8.15. The van der Waals surface area contributed by atoms with Gasteiger partial charge in [0, 0.05) is 17.7 Å². The fraction of sp³-hybridized carbons (Fsp3) is 0.654. The first-order valence-corrected chi connectivity index (χ1v) is 15.5. The van der Waals surface area contributed by atoms with Crippen LogP contribution in [0.2, 0.25) is 0 Å². The number of amides is 2. The van der Waals surface area contributed by atoms with E-state index in [2.05, 4.69) is 15.2 Å². The summed E-state index contributed by atoms with van der Waals surface area (Å²) in [4.78, 5) is 32.9. The highest BCUT2D eigenvalue weighted by Crippen LogP contribution is 2.51. The summed E-state index contributed by atoms with van der Waals surface area (Å²) < 4.78 is 30.3. The Balaban J connectivity index is 1.41. The van der Waals surface area contributed by atoms with Crippen LogP contribution in [0.3, 0.4) is 0 Å². The molecular formula is C26H35N3O5S2. The van der Waals surface area contributed by atoms with Gasteiger partial charge in [-0.15, -0.1) is 0 Å². The zero-order valence-corrected chi connectivity index (χ0v) is 22.7. The topological polar surface area (TPSA) is 105 Å². The summed E-state index contributed by atoms with van der Waals surface area (Å²) in [7, 11) is -3.10. The molecule has 1 aromatic carbocycles. The van der Waals surface area contributed by atoms with E-state index in [-0.39, 0.29) is 35.3 Å².